The summed E-state index contributed by atoms with van der Waals surface area (Å²) in [5.41, 5.74) is 1.86. The summed E-state index contributed by atoms with van der Waals surface area (Å²) in [7, 11) is 0. The maximum atomic E-state index is 12.5. The van der Waals surface area contributed by atoms with Crippen molar-refractivity contribution in [1.82, 2.24) is 4.98 Å². The highest BCUT2D eigenvalue weighted by Gasteiger charge is 2.13. The number of anilines is 3. The van der Waals surface area contributed by atoms with Gasteiger partial charge in [0.2, 0.25) is 0 Å². The van der Waals surface area contributed by atoms with Gasteiger partial charge in [0.1, 0.15) is 5.82 Å². The highest BCUT2D eigenvalue weighted by molar-refractivity contribution is 6.34. The third-order valence-corrected chi connectivity index (χ3v) is 3.54. The second kappa shape index (κ2) is 6.94. The van der Waals surface area contributed by atoms with Gasteiger partial charge in [-0.05, 0) is 36.4 Å². The molecule has 0 aliphatic carbocycles. The van der Waals surface area contributed by atoms with Crippen LogP contribution in [-0.2, 0) is 0 Å². The molecule has 4 nitrogen and oxygen atoms in total. The fraction of sp³-hybridized carbons (Fsp3) is 0. The third-order valence-electron chi connectivity index (χ3n) is 3.21. The van der Waals surface area contributed by atoms with E-state index in [4.69, 9.17) is 11.6 Å². The SMILES string of the molecule is O=C(Nc1ccccc1Cl)c1cccnc1Nc1ccccc1. The van der Waals surface area contributed by atoms with E-state index in [1.165, 1.54) is 0 Å². The molecule has 1 heterocycles. The molecule has 3 aromatic rings. The predicted octanol–water partition coefficient (Wildman–Crippen LogP) is 4.73. The lowest BCUT2D eigenvalue weighted by Gasteiger charge is -2.11. The molecular formula is C18H14ClN3O. The quantitative estimate of drug-likeness (QED) is 0.729. The average Bonchev–Trinajstić information content (AvgIpc) is 2.58. The number of aromatic nitrogens is 1. The van der Waals surface area contributed by atoms with Crippen LogP contribution in [0, 0.1) is 0 Å². The first-order valence-electron chi connectivity index (χ1n) is 7.07. The molecule has 0 fully saturated rings. The Kier molecular flexibility index (Phi) is 4.54. The maximum Gasteiger partial charge on any atom is 0.259 e. The monoisotopic (exact) mass is 323 g/mol. The van der Waals surface area contributed by atoms with E-state index in [-0.39, 0.29) is 5.91 Å². The summed E-state index contributed by atoms with van der Waals surface area (Å²) in [6.45, 7) is 0. The van der Waals surface area contributed by atoms with E-state index in [0.717, 1.165) is 5.69 Å². The molecule has 5 heteroatoms. The second-order valence-electron chi connectivity index (χ2n) is 4.82. The summed E-state index contributed by atoms with van der Waals surface area (Å²) in [6.07, 6.45) is 1.64. The summed E-state index contributed by atoms with van der Waals surface area (Å²) in [5.74, 6) is 0.216. The molecule has 0 spiro atoms. The number of rotatable bonds is 4. The van der Waals surface area contributed by atoms with Gasteiger partial charge in [-0.15, -0.1) is 0 Å². The third kappa shape index (κ3) is 3.67. The molecule has 114 valence electrons. The van der Waals surface area contributed by atoms with Crippen molar-refractivity contribution in [3.63, 3.8) is 0 Å². The number of halogens is 1. The summed E-state index contributed by atoms with van der Waals surface area (Å²) in [5, 5.41) is 6.44. The molecule has 1 aromatic heterocycles. The van der Waals surface area contributed by atoms with Crippen LogP contribution in [0.25, 0.3) is 0 Å². The number of carbonyl (C=O) groups is 1. The second-order valence-corrected chi connectivity index (χ2v) is 5.23. The number of nitrogens with zero attached hydrogens (tertiary/aromatic N) is 1. The average molecular weight is 324 g/mol. The normalized spacial score (nSPS) is 10.1. The number of benzene rings is 2. The molecule has 0 radical (unpaired) electrons. The standard InChI is InChI=1S/C18H14ClN3O/c19-15-10-4-5-11-16(15)22-18(23)14-9-6-12-20-17(14)21-13-7-2-1-3-8-13/h1-12H,(H,20,21)(H,22,23). The van der Waals surface area contributed by atoms with E-state index < -0.39 is 0 Å². The minimum absolute atomic E-state index is 0.273. The van der Waals surface area contributed by atoms with Crippen LogP contribution in [0.5, 0.6) is 0 Å². The van der Waals surface area contributed by atoms with Gasteiger partial charge in [-0.3, -0.25) is 4.79 Å². The van der Waals surface area contributed by atoms with Crippen LogP contribution in [0.1, 0.15) is 10.4 Å². The van der Waals surface area contributed by atoms with Gasteiger partial charge in [0, 0.05) is 11.9 Å². The fourth-order valence-electron chi connectivity index (χ4n) is 2.10. The fourth-order valence-corrected chi connectivity index (χ4v) is 2.28. The zero-order valence-corrected chi connectivity index (χ0v) is 12.9. The minimum atomic E-state index is -0.273. The topological polar surface area (TPSA) is 54.0 Å². The van der Waals surface area contributed by atoms with Crippen LogP contribution < -0.4 is 10.6 Å². The van der Waals surface area contributed by atoms with E-state index in [1.54, 1.807) is 30.5 Å². The van der Waals surface area contributed by atoms with Gasteiger partial charge in [0.15, 0.2) is 0 Å². The van der Waals surface area contributed by atoms with E-state index >= 15 is 0 Å². The molecule has 0 bridgehead atoms. The van der Waals surface area contributed by atoms with E-state index in [0.29, 0.717) is 22.1 Å². The van der Waals surface area contributed by atoms with Gasteiger partial charge in [-0.25, -0.2) is 4.98 Å². The van der Waals surface area contributed by atoms with Crippen molar-refractivity contribution in [3.05, 3.63) is 83.5 Å². The van der Waals surface area contributed by atoms with Crippen molar-refractivity contribution in [2.24, 2.45) is 0 Å². The number of amides is 1. The van der Waals surface area contributed by atoms with Crippen LogP contribution in [0.3, 0.4) is 0 Å². The molecule has 2 aromatic carbocycles. The van der Waals surface area contributed by atoms with Crippen molar-refractivity contribution >= 4 is 34.7 Å². The van der Waals surface area contributed by atoms with Crippen molar-refractivity contribution < 1.29 is 4.79 Å². The lowest BCUT2D eigenvalue weighted by molar-refractivity contribution is 0.102. The van der Waals surface area contributed by atoms with Crippen LogP contribution in [0.15, 0.2) is 72.9 Å². The summed E-state index contributed by atoms with van der Waals surface area (Å²) < 4.78 is 0. The molecule has 3 rings (SSSR count). The van der Waals surface area contributed by atoms with Gasteiger partial charge in [0.05, 0.1) is 16.3 Å². The first-order valence-corrected chi connectivity index (χ1v) is 7.45. The molecule has 2 N–H and O–H groups in total. The molecule has 0 unspecified atom stereocenters. The van der Waals surface area contributed by atoms with Crippen LogP contribution in [-0.4, -0.2) is 10.9 Å². The predicted molar refractivity (Wildman–Crippen MR) is 93.4 cm³/mol. The Labute approximate surface area is 139 Å². The van der Waals surface area contributed by atoms with E-state index in [1.807, 2.05) is 42.5 Å². The Bertz CT molecular complexity index is 821. The van der Waals surface area contributed by atoms with Gasteiger partial charge in [-0.1, -0.05) is 41.9 Å². The van der Waals surface area contributed by atoms with E-state index in [9.17, 15) is 4.79 Å². The van der Waals surface area contributed by atoms with Crippen LogP contribution in [0.2, 0.25) is 5.02 Å². The number of pyridine rings is 1. The molecule has 23 heavy (non-hydrogen) atoms. The van der Waals surface area contributed by atoms with Gasteiger partial charge in [0.25, 0.3) is 5.91 Å². The highest BCUT2D eigenvalue weighted by Crippen LogP contribution is 2.23. The Balaban J connectivity index is 1.85. The summed E-state index contributed by atoms with van der Waals surface area (Å²) in [4.78, 5) is 16.8. The lowest BCUT2D eigenvalue weighted by atomic mass is 10.2. The number of hydrogen-bond acceptors (Lipinski definition) is 3. The van der Waals surface area contributed by atoms with Crippen LogP contribution >= 0.6 is 11.6 Å². The largest absolute Gasteiger partial charge is 0.340 e. The van der Waals surface area contributed by atoms with Gasteiger partial charge in [-0.2, -0.15) is 0 Å². The molecule has 0 atom stereocenters. The molecule has 0 saturated heterocycles. The summed E-state index contributed by atoms with van der Waals surface area (Å²) >= 11 is 6.08. The molecule has 0 aliphatic rings. The van der Waals surface area contributed by atoms with Gasteiger partial charge >= 0.3 is 0 Å². The first kappa shape index (κ1) is 15.1. The smallest absolute Gasteiger partial charge is 0.259 e. The number of para-hydroxylation sites is 2. The number of hydrogen-bond donors (Lipinski definition) is 2. The van der Waals surface area contributed by atoms with Gasteiger partial charge < -0.3 is 10.6 Å². The first-order chi connectivity index (χ1) is 11.2. The Hall–Kier alpha value is -2.85. The highest BCUT2D eigenvalue weighted by atomic mass is 35.5. The molecule has 0 aliphatic heterocycles. The molecule has 0 saturated carbocycles. The Morgan fingerprint density at radius 1 is 0.913 bits per heavy atom. The summed E-state index contributed by atoms with van der Waals surface area (Å²) in [6, 6.07) is 20.1. The van der Waals surface area contributed by atoms with Crippen molar-refractivity contribution in [3.8, 4) is 0 Å². The van der Waals surface area contributed by atoms with Crippen molar-refractivity contribution in [2.75, 3.05) is 10.6 Å². The number of carbonyl (C=O) groups excluding carboxylic acids is 1. The van der Waals surface area contributed by atoms with E-state index in [2.05, 4.69) is 15.6 Å². The molecular weight excluding hydrogens is 310 g/mol. The zero-order valence-electron chi connectivity index (χ0n) is 12.2. The van der Waals surface area contributed by atoms with Crippen LogP contribution in [0.4, 0.5) is 17.2 Å². The minimum Gasteiger partial charge on any atom is -0.340 e. The Morgan fingerprint density at radius 2 is 1.65 bits per heavy atom. The number of nitrogens with one attached hydrogen (secondary N) is 2. The zero-order chi connectivity index (χ0) is 16.1. The lowest BCUT2D eigenvalue weighted by Crippen LogP contribution is -2.14. The van der Waals surface area contributed by atoms with Crippen molar-refractivity contribution in [2.45, 2.75) is 0 Å². The Morgan fingerprint density at radius 3 is 2.43 bits per heavy atom. The molecule has 1 amide bonds. The maximum absolute atomic E-state index is 12.5. The van der Waals surface area contributed by atoms with Crippen molar-refractivity contribution in [1.29, 1.82) is 0 Å².